The highest BCUT2D eigenvalue weighted by atomic mass is 32.2. The van der Waals surface area contributed by atoms with E-state index in [9.17, 15) is 0 Å². The number of hydrogen-bond acceptors (Lipinski definition) is 2. The smallest absolute Gasteiger partial charge is 0.191 e. The number of benzene rings is 1. The van der Waals surface area contributed by atoms with Gasteiger partial charge in [0.25, 0.3) is 0 Å². The maximum Gasteiger partial charge on any atom is 0.191 e. The van der Waals surface area contributed by atoms with E-state index in [-0.39, 0.29) is 0 Å². The van der Waals surface area contributed by atoms with Crippen molar-refractivity contribution in [1.82, 2.24) is 10.6 Å². The summed E-state index contributed by atoms with van der Waals surface area (Å²) in [7, 11) is 1.79. The van der Waals surface area contributed by atoms with Crippen molar-refractivity contribution in [3.63, 3.8) is 0 Å². The molecule has 17 heavy (non-hydrogen) atoms. The fraction of sp³-hybridized carbons (Fsp3) is 0.462. The van der Waals surface area contributed by atoms with E-state index in [0.29, 0.717) is 0 Å². The third kappa shape index (κ3) is 5.13. The van der Waals surface area contributed by atoms with Crippen molar-refractivity contribution in [3.05, 3.63) is 29.8 Å². The van der Waals surface area contributed by atoms with Crippen LogP contribution in [0, 0.1) is 0 Å². The summed E-state index contributed by atoms with van der Waals surface area (Å²) >= 11 is 1.76. The third-order valence-corrected chi connectivity index (χ3v) is 3.13. The standard InChI is InChI=1S/C13H21N3S/c1-4-9-15-13(14-2)16-10-11-5-7-12(17-3)8-6-11/h5-8H,4,9-10H2,1-3H3,(H2,14,15,16). The number of aliphatic imine (C=N–C) groups is 1. The third-order valence-electron chi connectivity index (χ3n) is 2.39. The Morgan fingerprint density at radius 1 is 1.24 bits per heavy atom. The predicted molar refractivity (Wildman–Crippen MR) is 76.7 cm³/mol. The van der Waals surface area contributed by atoms with Crippen molar-refractivity contribution in [2.45, 2.75) is 24.8 Å². The summed E-state index contributed by atoms with van der Waals surface area (Å²) in [5, 5.41) is 6.54. The lowest BCUT2D eigenvalue weighted by atomic mass is 10.2. The molecular weight excluding hydrogens is 230 g/mol. The Morgan fingerprint density at radius 2 is 1.94 bits per heavy atom. The molecule has 1 aromatic carbocycles. The highest BCUT2D eigenvalue weighted by Gasteiger charge is 1.97. The first-order valence-corrected chi connectivity index (χ1v) is 7.10. The average molecular weight is 251 g/mol. The maximum atomic E-state index is 4.16. The molecule has 0 aliphatic rings. The molecule has 0 unspecified atom stereocenters. The van der Waals surface area contributed by atoms with Crippen molar-refractivity contribution < 1.29 is 0 Å². The SMILES string of the molecule is CCCNC(=NC)NCc1ccc(SC)cc1. The number of guanidine groups is 1. The Labute approximate surface area is 108 Å². The molecule has 94 valence electrons. The molecule has 0 atom stereocenters. The minimum absolute atomic E-state index is 0.804. The summed E-state index contributed by atoms with van der Waals surface area (Å²) in [5.74, 6) is 0.862. The lowest BCUT2D eigenvalue weighted by Gasteiger charge is -2.11. The fourth-order valence-electron chi connectivity index (χ4n) is 1.39. The van der Waals surface area contributed by atoms with Gasteiger partial charge in [-0.1, -0.05) is 19.1 Å². The van der Waals surface area contributed by atoms with Crippen molar-refractivity contribution in [1.29, 1.82) is 0 Å². The van der Waals surface area contributed by atoms with Gasteiger partial charge >= 0.3 is 0 Å². The molecule has 2 N–H and O–H groups in total. The van der Waals surface area contributed by atoms with Gasteiger partial charge in [0, 0.05) is 25.0 Å². The number of hydrogen-bond donors (Lipinski definition) is 2. The number of rotatable bonds is 5. The second-order valence-corrected chi connectivity index (χ2v) is 4.58. The molecule has 3 nitrogen and oxygen atoms in total. The van der Waals surface area contributed by atoms with Crippen LogP contribution in [0.15, 0.2) is 34.2 Å². The Morgan fingerprint density at radius 3 is 2.47 bits per heavy atom. The first-order chi connectivity index (χ1) is 8.30. The Balaban J connectivity index is 2.42. The van der Waals surface area contributed by atoms with Crippen molar-refractivity contribution >= 4 is 17.7 Å². The monoisotopic (exact) mass is 251 g/mol. The van der Waals surface area contributed by atoms with E-state index >= 15 is 0 Å². The normalized spacial score (nSPS) is 11.4. The van der Waals surface area contributed by atoms with E-state index in [1.54, 1.807) is 18.8 Å². The van der Waals surface area contributed by atoms with Crippen molar-refractivity contribution in [2.24, 2.45) is 4.99 Å². The molecule has 4 heteroatoms. The minimum Gasteiger partial charge on any atom is -0.356 e. The van der Waals surface area contributed by atoms with Gasteiger partial charge < -0.3 is 10.6 Å². The number of thioether (sulfide) groups is 1. The van der Waals surface area contributed by atoms with Crippen LogP contribution in [0.3, 0.4) is 0 Å². The highest BCUT2D eigenvalue weighted by molar-refractivity contribution is 7.98. The molecule has 0 heterocycles. The molecule has 0 saturated carbocycles. The van der Waals surface area contributed by atoms with Gasteiger partial charge in [0.2, 0.25) is 0 Å². The van der Waals surface area contributed by atoms with Crippen molar-refractivity contribution in [3.8, 4) is 0 Å². The molecule has 1 aromatic rings. The number of nitrogens with one attached hydrogen (secondary N) is 2. The molecule has 0 aromatic heterocycles. The van der Waals surface area contributed by atoms with E-state index in [1.165, 1.54) is 10.5 Å². The van der Waals surface area contributed by atoms with Gasteiger partial charge in [0.05, 0.1) is 0 Å². The molecule has 0 aliphatic carbocycles. The van der Waals surface area contributed by atoms with Crippen LogP contribution in [0.1, 0.15) is 18.9 Å². The summed E-state index contributed by atoms with van der Waals surface area (Å²) in [4.78, 5) is 5.46. The zero-order valence-electron chi connectivity index (χ0n) is 10.8. The van der Waals surface area contributed by atoms with Gasteiger partial charge in [-0.2, -0.15) is 0 Å². The zero-order valence-corrected chi connectivity index (χ0v) is 11.6. The van der Waals surface area contributed by atoms with Gasteiger partial charge in [0.15, 0.2) is 5.96 Å². The maximum absolute atomic E-state index is 4.16. The van der Waals surface area contributed by atoms with E-state index in [1.807, 2.05) is 0 Å². The van der Waals surface area contributed by atoms with E-state index in [2.05, 4.69) is 53.1 Å². The lowest BCUT2D eigenvalue weighted by Crippen LogP contribution is -2.37. The molecule has 1 rings (SSSR count). The molecule has 0 aliphatic heterocycles. The second kappa shape index (κ2) is 8.01. The predicted octanol–water partition coefficient (Wildman–Crippen LogP) is 2.48. The number of nitrogens with zero attached hydrogens (tertiary/aromatic N) is 1. The second-order valence-electron chi connectivity index (χ2n) is 3.70. The van der Waals surface area contributed by atoms with Gasteiger partial charge in [-0.05, 0) is 30.4 Å². The van der Waals surface area contributed by atoms with Crippen LogP contribution in [-0.4, -0.2) is 25.8 Å². The molecule has 0 spiro atoms. The van der Waals surface area contributed by atoms with Crippen LogP contribution in [0.5, 0.6) is 0 Å². The van der Waals surface area contributed by atoms with E-state index < -0.39 is 0 Å². The molecule has 0 radical (unpaired) electrons. The van der Waals surface area contributed by atoms with Crippen LogP contribution in [0.25, 0.3) is 0 Å². The van der Waals surface area contributed by atoms with Gasteiger partial charge in [-0.15, -0.1) is 11.8 Å². The molecule has 0 amide bonds. The first kappa shape index (κ1) is 13.9. The van der Waals surface area contributed by atoms with Gasteiger partial charge in [-0.3, -0.25) is 4.99 Å². The Hall–Kier alpha value is -1.16. The fourth-order valence-corrected chi connectivity index (χ4v) is 1.80. The molecular formula is C13H21N3S. The summed E-state index contributed by atoms with van der Waals surface area (Å²) in [6.45, 7) is 3.89. The lowest BCUT2D eigenvalue weighted by molar-refractivity contribution is 0.781. The van der Waals surface area contributed by atoms with Crippen LogP contribution in [0.4, 0.5) is 0 Å². The molecule has 0 bridgehead atoms. The largest absolute Gasteiger partial charge is 0.356 e. The molecule has 0 saturated heterocycles. The topological polar surface area (TPSA) is 36.4 Å². The first-order valence-electron chi connectivity index (χ1n) is 5.87. The summed E-state index contributed by atoms with van der Waals surface area (Å²) in [6, 6.07) is 8.58. The van der Waals surface area contributed by atoms with Crippen LogP contribution in [-0.2, 0) is 6.54 Å². The highest BCUT2D eigenvalue weighted by Crippen LogP contribution is 2.14. The zero-order chi connectivity index (χ0) is 12.5. The minimum atomic E-state index is 0.804. The van der Waals surface area contributed by atoms with Crippen LogP contribution < -0.4 is 10.6 Å². The average Bonchev–Trinajstić information content (AvgIpc) is 2.39. The summed E-state index contributed by atoms with van der Waals surface area (Å²) in [5.41, 5.74) is 1.27. The summed E-state index contributed by atoms with van der Waals surface area (Å²) < 4.78 is 0. The van der Waals surface area contributed by atoms with Gasteiger partial charge in [0.1, 0.15) is 0 Å². The van der Waals surface area contributed by atoms with Crippen LogP contribution >= 0.6 is 11.8 Å². The Kier molecular flexibility index (Phi) is 6.55. The quantitative estimate of drug-likeness (QED) is 0.479. The molecule has 0 fully saturated rings. The van der Waals surface area contributed by atoms with Crippen molar-refractivity contribution in [2.75, 3.05) is 19.8 Å². The van der Waals surface area contributed by atoms with E-state index in [4.69, 9.17) is 0 Å². The Bertz CT molecular complexity index is 346. The van der Waals surface area contributed by atoms with Gasteiger partial charge in [-0.25, -0.2) is 0 Å². The van der Waals surface area contributed by atoms with Crippen LogP contribution in [0.2, 0.25) is 0 Å². The summed E-state index contributed by atoms with van der Waals surface area (Å²) in [6.07, 6.45) is 3.19. The van der Waals surface area contributed by atoms with E-state index in [0.717, 1.165) is 25.5 Å².